The fraction of sp³-hybridized carbons (Fsp3) is 0.318. The molecule has 7 nitrogen and oxygen atoms in total. The first-order chi connectivity index (χ1) is 14.2. The van der Waals surface area contributed by atoms with Crippen LogP contribution in [0.25, 0.3) is 22.0 Å². The van der Waals surface area contributed by atoms with Crippen LogP contribution < -0.4 is 11.1 Å². The first kappa shape index (κ1) is 21.4. The number of rotatable bonds is 6. The summed E-state index contributed by atoms with van der Waals surface area (Å²) in [5.74, 6) is -1.54. The molecule has 0 aliphatic rings. The number of nitrogens with zero attached hydrogens (tertiary/aromatic N) is 2. The van der Waals surface area contributed by atoms with Gasteiger partial charge in [-0.1, -0.05) is 6.07 Å². The molecule has 1 atom stereocenters. The Hall–Kier alpha value is -3.26. The lowest BCUT2D eigenvalue weighted by atomic mass is 9.91. The third kappa shape index (κ3) is 4.18. The summed E-state index contributed by atoms with van der Waals surface area (Å²) in [4.78, 5) is 23.8. The van der Waals surface area contributed by atoms with Crippen molar-refractivity contribution in [2.24, 2.45) is 12.8 Å². The molecule has 3 rings (SSSR count). The predicted octanol–water partition coefficient (Wildman–Crippen LogP) is 2.68. The minimum Gasteiger partial charge on any atom is -0.469 e. The Kier molecular flexibility index (Phi) is 6.17. The number of esters is 1. The molecule has 30 heavy (non-hydrogen) atoms. The number of nitrogens with one attached hydrogen (secondary N) is 1. The molecule has 0 bridgehead atoms. The normalized spacial score (nSPS) is 12.1. The number of fused-ring (bicyclic) bond motifs is 1. The molecule has 0 saturated carbocycles. The third-order valence-electron chi connectivity index (χ3n) is 5.08. The summed E-state index contributed by atoms with van der Waals surface area (Å²) in [6.07, 6.45) is 1.70. The van der Waals surface area contributed by atoms with Crippen LogP contribution in [-0.2, 0) is 21.4 Å². The van der Waals surface area contributed by atoms with Crippen molar-refractivity contribution in [2.75, 3.05) is 13.7 Å². The van der Waals surface area contributed by atoms with Gasteiger partial charge < -0.3 is 15.8 Å². The Morgan fingerprint density at radius 1 is 1.27 bits per heavy atom. The van der Waals surface area contributed by atoms with Crippen molar-refractivity contribution in [3.05, 3.63) is 53.0 Å². The number of methoxy groups -OCH3 is 1. The number of benzene rings is 2. The molecule has 0 aliphatic carbocycles. The molecule has 1 unspecified atom stereocenters. The average molecular weight is 412 g/mol. The summed E-state index contributed by atoms with van der Waals surface area (Å²) in [6, 6.07) is 6.42. The van der Waals surface area contributed by atoms with Crippen molar-refractivity contribution in [1.82, 2.24) is 15.1 Å². The smallest absolute Gasteiger partial charge is 0.307 e. The average Bonchev–Trinajstić information content (AvgIpc) is 3.09. The zero-order chi connectivity index (χ0) is 22.0. The highest BCUT2D eigenvalue weighted by Gasteiger charge is 2.24. The Bertz CT molecular complexity index is 1110. The molecule has 0 fully saturated rings. The van der Waals surface area contributed by atoms with Crippen LogP contribution in [0, 0.1) is 19.7 Å². The van der Waals surface area contributed by atoms with E-state index in [-0.39, 0.29) is 18.5 Å². The second kappa shape index (κ2) is 8.62. The highest BCUT2D eigenvalue weighted by Crippen LogP contribution is 2.35. The summed E-state index contributed by atoms with van der Waals surface area (Å²) in [5.41, 5.74) is 9.54. The molecule has 1 heterocycles. The van der Waals surface area contributed by atoms with E-state index in [1.54, 1.807) is 23.7 Å². The summed E-state index contributed by atoms with van der Waals surface area (Å²) in [5, 5.41) is 8.01. The van der Waals surface area contributed by atoms with Gasteiger partial charge in [0.05, 0.1) is 31.6 Å². The summed E-state index contributed by atoms with van der Waals surface area (Å²) in [7, 11) is 3.09. The molecule has 1 amide bonds. The van der Waals surface area contributed by atoms with Crippen LogP contribution in [0.4, 0.5) is 4.39 Å². The maximum Gasteiger partial charge on any atom is 0.307 e. The van der Waals surface area contributed by atoms with Gasteiger partial charge in [-0.25, -0.2) is 4.39 Å². The summed E-state index contributed by atoms with van der Waals surface area (Å²) < 4.78 is 21.6. The summed E-state index contributed by atoms with van der Waals surface area (Å²) in [6.45, 7) is 3.36. The number of halogens is 1. The van der Waals surface area contributed by atoms with Gasteiger partial charge in [0.15, 0.2) is 0 Å². The number of nitrogens with two attached hydrogens (primary N) is 1. The van der Waals surface area contributed by atoms with Crippen LogP contribution >= 0.6 is 0 Å². The number of aromatic nitrogens is 2. The van der Waals surface area contributed by atoms with Gasteiger partial charge in [0.2, 0.25) is 5.91 Å². The quantitative estimate of drug-likeness (QED) is 0.607. The highest BCUT2D eigenvalue weighted by molar-refractivity contribution is 5.96. The number of aryl methyl sites for hydroxylation is 3. The Morgan fingerprint density at radius 2 is 2.00 bits per heavy atom. The molecular weight excluding hydrogens is 387 g/mol. The van der Waals surface area contributed by atoms with Crippen molar-refractivity contribution < 1.29 is 18.7 Å². The zero-order valence-electron chi connectivity index (χ0n) is 17.5. The van der Waals surface area contributed by atoms with Gasteiger partial charge in [-0.3, -0.25) is 14.3 Å². The van der Waals surface area contributed by atoms with Crippen molar-refractivity contribution in [1.29, 1.82) is 0 Å². The fourth-order valence-electron chi connectivity index (χ4n) is 3.64. The van der Waals surface area contributed by atoms with E-state index in [0.717, 1.165) is 27.6 Å². The van der Waals surface area contributed by atoms with Gasteiger partial charge in [-0.15, -0.1) is 0 Å². The fourth-order valence-corrected chi connectivity index (χ4v) is 3.64. The van der Waals surface area contributed by atoms with Gasteiger partial charge in [0.25, 0.3) is 0 Å². The first-order valence-corrected chi connectivity index (χ1v) is 9.54. The van der Waals surface area contributed by atoms with Crippen LogP contribution in [0.15, 0.2) is 30.5 Å². The predicted molar refractivity (Wildman–Crippen MR) is 112 cm³/mol. The number of amides is 1. The molecule has 1 aromatic heterocycles. The van der Waals surface area contributed by atoms with Crippen LogP contribution in [-0.4, -0.2) is 35.3 Å². The number of carbonyl (C=O) groups excluding carboxylic acids is 2. The van der Waals surface area contributed by atoms with E-state index in [0.29, 0.717) is 5.56 Å². The Morgan fingerprint density at radius 3 is 2.67 bits per heavy atom. The largest absolute Gasteiger partial charge is 0.469 e. The molecule has 3 aromatic rings. The minimum atomic E-state index is -0.902. The molecule has 8 heteroatoms. The second-order valence-electron chi connectivity index (χ2n) is 7.29. The molecule has 0 radical (unpaired) electrons. The van der Waals surface area contributed by atoms with Crippen LogP contribution in [0.5, 0.6) is 0 Å². The lowest BCUT2D eigenvalue weighted by molar-refractivity contribution is -0.141. The number of ether oxygens (including phenoxy) is 1. The molecule has 3 N–H and O–H groups in total. The minimum absolute atomic E-state index is 0.206. The molecule has 158 valence electrons. The van der Waals surface area contributed by atoms with Gasteiger partial charge in [-0.05, 0) is 54.3 Å². The standard InChI is InChI=1S/C22H25FN4O3/c1-12-5-6-17-16(11-27(3)26-17)21(12)14-7-13(2)22(23)15(8-14)18(9-20(29)30-4)25-19(28)10-24/h5-8,11,18H,9-10,24H2,1-4H3,(H,25,28). The lowest BCUT2D eigenvalue weighted by Crippen LogP contribution is -2.35. The van der Waals surface area contributed by atoms with Crippen molar-refractivity contribution >= 4 is 22.8 Å². The highest BCUT2D eigenvalue weighted by atomic mass is 19.1. The van der Waals surface area contributed by atoms with Gasteiger partial charge in [0.1, 0.15) is 5.82 Å². The van der Waals surface area contributed by atoms with Crippen molar-refractivity contribution in [3.63, 3.8) is 0 Å². The monoisotopic (exact) mass is 412 g/mol. The number of hydrogen-bond donors (Lipinski definition) is 2. The molecular formula is C22H25FN4O3. The van der Waals surface area contributed by atoms with Gasteiger partial charge in [0, 0.05) is 24.2 Å². The topological polar surface area (TPSA) is 99.2 Å². The summed E-state index contributed by atoms with van der Waals surface area (Å²) >= 11 is 0. The van der Waals surface area contributed by atoms with E-state index in [2.05, 4.69) is 10.4 Å². The van der Waals surface area contributed by atoms with Crippen LogP contribution in [0.2, 0.25) is 0 Å². The van der Waals surface area contributed by atoms with Crippen LogP contribution in [0.1, 0.15) is 29.2 Å². The van der Waals surface area contributed by atoms with Crippen molar-refractivity contribution in [3.8, 4) is 11.1 Å². The zero-order valence-corrected chi connectivity index (χ0v) is 17.5. The second-order valence-corrected chi connectivity index (χ2v) is 7.29. The van der Waals surface area contributed by atoms with E-state index >= 15 is 4.39 Å². The van der Waals surface area contributed by atoms with E-state index in [4.69, 9.17) is 10.5 Å². The Labute approximate surface area is 174 Å². The van der Waals surface area contributed by atoms with E-state index in [1.807, 2.05) is 32.3 Å². The number of carbonyl (C=O) groups is 2. The van der Waals surface area contributed by atoms with E-state index in [1.165, 1.54) is 7.11 Å². The van der Waals surface area contributed by atoms with Gasteiger partial charge >= 0.3 is 5.97 Å². The maximum atomic E-state index is 15.1. The Balaban J connectivity index is 2.19. The first-order valence-electron chi connectivity index (χ1n) is 9.54. The van der Waals surface area contributed by atoms with Crippen molar-refractivity contribution in [2.45, 2.75) is 26.3 Å². The third-order valence-corrected chi connectivity index (χ3v) is 5.08. The SMILES string of the molecule is COC(=O)CC(NC(=O)CN)c1cc(-c2c(C)ccc3nn(C)cc23)cc(C)c1F. The molecule has 0 saturated heterocycles. The van der Waals surface area contributed by atoms with E-state index in [9.17, 15) is 9.59 Å². The number of hydrogen-bond acceptors (Lipinski definition) is 5. The molecule has 2 aromatic carbocycles. The van der Waals surface area contributed by atoms with Crippen LogP contribution in [0.3, 0.4) is 0 Å². The molecule has 0 aliphatic heterocycles. The van der Waals surface area contributed by atoms with Gasteiger partial charge in [-0.2, -0.15) is 5.10 Å². The molecule has 0 spiro atoms. The van der Waals surface area contributed by atoms with E-state index < -0.39 is 23.7 Å². The lowest BCUT2D eigenvalue weighted by Gasteiger charge is -2.21. The maximum absolute atomic E-state index is 15.1.